The average molecular weight is 283 g/mol. The highest BCUT2D eigenvalue weighted by molar-refractivity contribution is 7.98. The summed E-state index contributed by atoms with van der Waals surface area (Å²) in [7, 11) is 1.75. The molecule has 1 rings (SSSR count). The van der Waals surface area contributed by atoms with Gasteiger partial charge in [-0.1, -0.05) is 18.2 Å². The second-order valence-electron chi connectivity index (χ2n) is 4.44. The Labute approximate surface area is 119 Å². The lowest BCUT2D eigenvalue weighted by Crippen LogP contribution is -2.41. The third kappa shape index (κ3) is 6.47. The number of nitrogens with one attached hydrogen (secondary N) is 2. The van der Waals surface area contributed by atoms with E-state index < -0.39 is 0 Å². The van der Waals surface area contributed by atoms with Crippen LogP contribution in [0.25, 0.3) is 0 Å². The highest BCUT2D eigenvalue weighted by Gasteiger charge is 2.01. The number of halogens is 1. The molecule has 19 heavy (non-hydrogen) atoms. The van der Waals surface area contributed by atoms with Crippen molar-refractivity contribution < 1.29 is 4.39 Å². The van der Waals surface area contributed by atoms with Crippen molar-refractivity contribution in [2.45, 2.75) is 25.6 Å². The molecule has 0 fully saturated rings. The minimum atomic E-state index is -0.125. The summed E-state index contributed by atoms with van der Waals surface area (Å²) in [6, 6.07) is 7.27. The molecule has 0 unspecified atom stereocenters. The lowest BCUT2D eigenvalue weighted by Gasteiger charge is -2.14. The Balaban J connectivity index is 2.19. The smallest absolute Gasteiger partial charge is 0.191 e. The molecule has 1 aromatic carbocycles. The lowest BCUT2D eigenvalue weighted by molar-refractivity contribution is 0.617. The van der Waals surface area contributed by atoms with Gasteiger partial charge in [-0.05, 0) is 25.5 Å². The van der Waals surface area contributed by atoms with Crippen LogP contribution in [0.2, 0.25) is 0 Å². The largest absolute Gasteiger partial charge is 0.356 e. The van der Waals surface area contributed by atoms with Crippen molar-refractivity contribution in [3.05, 3.63) is 35.6 Å². The number of hydrogen-bond acceptors (Lipinski definition) is 2. The van der Waals surface area contributed by atoms with Gasteiger partial charge in [0.1, 0.15) is 5.82 Å². The molecule has 0 aliphatic carbocycles. The number of rotatable bonds is 6. The Morgan fingerprint density at radius 2 is 2.11 bits per heavy atom. The summed E-state index contributed by atoms with van der Waals surface area (Å²) in [5.41, 5.74) is 0.761. The van der Waals surface area contributed by atoms with Crippen LogP contribution in [0.15, 0.2) is 29.3 Å². The van der Waals surface area contributed by atoms with Crippen LogP contribution in [0, 0.1) is 5.82 Å². The maximum atomic E-state index is 13.4. The fraction of sp³-hybridized carbons (Fsp3) is 0.500. The summed E-state index contributed by atoms with van der Waals surface area (Å²) in [5, 5.41) is 6.44. The molecule has 0 bridgehead atoms. The van der Waals surface area contributed by atoms with Crippen LogP contribution in [0.5, 0.6) is 0 Å². The zero-order chi connectivity index (χ0) is 14.1. The first-order chi connectivity index (χ1) is 9.13. The minimum Gasteiger partial charge on any atom is -0.356 e. The molecule has 0 aromatic heterocycles. The SMILES string of the molecule is CN=C(NCCSCc1ccccc1F)NC(C)C. The fourth-order valence-corrected chi connectivity index (χ4v) is 2.35. The number of aliphatic imine (C=N–C) groups is 1. The van der Waals surface area contributed by atoms with Crippen molar-refractivity contribution in [2.75, 3.05) is 19.3 Å². The molecule has 0 heterocycles. The van der Waals surface area contributed by atoms with Gasteiger partial charge in [0, 0.05) is 31.1 Å². The summed E-state index contributed by atoms with van der Waals surface area (Å²) in [4.78, 5) is 4.12. The molecule has 0 saturated heterocycles. The number of hydrogen-bond donors (Lipinski definition) is 2. The van der Waals surface area contributed by atoms with E-state index in [4.69, 9.17) is 0 Å². The van der Waals surface area contributed by atoms with E-state index in [9.17, 15) is 4.39 Å². The molecule has 0 spiro atoms. The Morgan fingerprint density at radius 1 is 1.37 bits per heavy atom. The van der Waals surface area contributed by atoms with Gasteiger partial charge in [-0.25, -0.2) is 4.39 Å². The van der Waals surface area contributed by atoms with Crippen LogP contribution in [-0.4, -0.2) is 31.3 Å². The lowest BCUT2D eigenvalue weighted by atomic mass is 10.2. The Kier molecular flexibility index (Phi) is 7.33. The van der Waals surface area contributed by atoms with E-state index in [-0.39, 0.29) is 5.82 Å². The quantitative estimate of drug-likeness (QED) is 0.479. The van der Waals surface area contributed by atoms with Crippen molar-refractivity contribution in [1.29, 1.82) is 0 Å². The average Bonchev–Trinajstić information content (AvgIpc) is 2.38. The molecular weight excluding hydrogens is 261 g/mol. The molecule has 106 valence electrons. The normalized spacial score (nSPS) is 11.7. The van der Waals surface area contributed by atoms with Gasteiger partial charge in [-0.15, -0.1) is 0 Å². The molecule has 5 heteroatoms. The number of benzene rings is 1. The second kappa shape index (κ2) is 8.80. The standard InChI is InChI=1S/C14H22FN3S/c1-11(2)18-14(16-3)17-8-9-19-10-12-6-4-5-7-13(12)15/h4-7,11H,8-10H2,1-3H3,(H2,16,17,18). The van der Waals surface area contributed by atoms with E-state index >= 15 is 0 Å². The molecule has 2 N–H and O–H groups in total. The molecule has 0 aliphatic heterocycles. The first-order valence-electron chi connectivity index (χ1n) is 6.41. The first kappa shape index (κ1) is 15.8. The van der Waals surface area contributed by atoms with E-state index in [0.717, 1.165) is 23.8 Å². The molecular formula is C14H22FN3S. The van der Waals surface area contributed by atoms with Crippen molar-refractivity contribution in [2.24, 2.45) is 4.99 Å². The summed E-state index contributed by atoms with van der Waals surface area (Å²) < 4.78 is 13.4. The summed E-state index contributed by atoms with van der Waals surface area (Å²) in [6.07, 6.45) is 0. The van der Waals surface area contributed by atoms with Gasteiger partial charge >= 0.3 is 0 Å². The minimum absolute atomic E-state index is 0.125. The maximum absolute atomic E-state index is 13.4. The highest BCUT2D eigenvalue weighted by Crippen LogP contribution is 2.14. The van der Waals surface area contributed by atoms with Gasteiger partial charge < -0.3 is 10.6 Å². The van der Waals surface area contributed by atoms with Gasteiger partial charge in [-0.2, -0.15) is 11.8 Å². The molecule has 3 nitrogen and oxygen atoms in total. The zero-order valence-electron chi connectivity index (χ0n) is 11.7. The first-order valence-corrected chi connectivity index (χ1v) is 7.57. The Bertz CT molecular complexity index is 407. The predicted octanol–water partition coefficient (Wildman–Crippen LogP) is 2.63. The molecule has 0 amide bonds. The van der Waals surface area contributed by atoms with E-state index in [0.29, 0.717) is 11.8 Å². The van der Waals surface area contributed by atoms with Crippen molar-refractivity contribution >= 4 is 17.7 Å². The van der Waals surface area contributed by atoms with Gasteiger partial charge in [0.15, 0.2) is 5.96 Å². The third-order valence-electron chi connectivity index (χ3n) is 2.40. The van der Waals surface area contributed by atoms with Crippen LogP contribution < -0.4 is 10.6 Å². The van der Waals surface area contributed by atoms with E-state index in [1.54, 1.807) is 24.9 Å². The number of nitrogens with zero attached hydrogens (tertiary/aromatic N) is 1. The molecule has 1 aromatic rings. The third-order valence-corrected chi connectivity index (χ3v) is 3.41. The van der Waals surface area contributed by atoms with E-state index in [2.05, 4.69) is 29.5 Å². The zero-order valence-corrected chi connectivity index (χ0v) is 12.6. The molecule has 0 atom stereocenters. The van der Waals surface area contributed by atoms with Crippen LogP contribution in [-0.2, 0) is 5.75 Å². The van der Waals surface area contributed by atoms with Crippen LogP contribution in [0.3, 0.4) is 0 Å². The summed E-state index contributed by atoms with van der Waals surface area (Å²) >= 11 is 1.71. The monoisotopic (exact) mass is 283 g/mol. The molecule has 0 aliphatic rings. The number of thioether (sulfide) groups is 1. The van der Waals surface area contributed by atoms with Crippen LogP contribution in [0.1, 0.15) is 19.4 Å². The topological polar surface area (TPSA) is 36.4 Å². The number of guanidine groups is 1. The van der Waals surface area contributed by atoms with Crippen LogP contribution in [0.4, 0.5) is 4.39 Å². The summed E-state index contributed by atoms with van der Waals surface area (Å²) in [6.45, 7) is 4.95. The van der Waals surface area contributed by atoms with Gasteiger partial charge in [0.05, 0.1) is 0 Å². The van der Waals surface area contributed by atoms with Crippen molar-refractivity contribution in [1.82, 2.24) is 10.6 Å². The van der Waals surface area contributed by atoms with Crippen molar-refractivity contribution in [3.63, 3.8) is 0 Å². The van der Waals surface area contributed by atoms with Crippen molar-refractivity contribution in [3.8, 4) is 0 Å². The highest BCUT2D eigenvalue weighted by atomic mass is 32.2. The summed E-state index contributed by atoms with van der Waals surface area (Å²) in [5.74, 6) is 2.29. The van der Waals surface area contributed by atoms with Gasteiger partial charge in [0.25, 0.3) is 0 Å². The van der Waals surface area contributed by atoms with E-state index in [1.807, 2.05) is 12.1 Å². The van der Waals surface area contributed by atoms with Crippen LogP contribution >= 0.6 is 11.8 Å². The molecule has 0 saturated carbocycles. The Hall–Kier alpha value is -1.23. The molecule has 0 radical (unpaired) electrons. The van der Waals surface area contributed by atoms with Gasteiger partial charge in [-0.3, -0.25) is 4.99 Å². The Morgan fingerprint density at radius 3 is 2.74 bits per heavy atom. The fourth-order valence-electron chi connectivity index (χ4n) is 1.51. The predicted molar refractivity (Wildman–Crippen MR) is 82.2 cm³/mol. The van der Waals surface area contributed by atoms with E-state index in [1.165, 1.54) is 6.07 Å². The second-order valence-corrected chi connectivity index (χ2v) is 5.55. The maximum Gasteiger partial charge on any atom is 0.191 e. The van der Waals surface area contributed by atoms with Gasteiger partial charge in [0.2, 0.25) is 0 Å².